The fraction of sp³-hybridized carbons (Fsp3) is 1.00. The molecule has 0 bridgehead atoms. The highest BCUT2D eigenvalue weighted by Gasteiger charge is 2.22. The van der Waals surface area contributed by atoms with E-state index in [1.165, 1.54) is 76.9 Å². The van der Waals surface area contributed by atoms with Gasteiger partial charge in [0.2, 0.25) is 0 Å². The molecule has 2 aliphatic carbocycles. The quantitative estimate of drug-likeness (QED) is 0.552. The van der Waals surface area contributed by atoms with E-state index in [4.69, 9.17) is 0 Å². The second-order valence-electron chi connectivity index (χ2n) is 6.54. The molecule has 0 aromatic carbocycles. The van der Waals surface area contributed by atoms with E-state index < -0.39 is 0 Å². The summed E-state index contributed by atoms with van der Waals surface area (Å²) in [5, 5.41) is 0. The summed E-state index contributed by atoms with van der Waals surface area (Å²) in [5.74, 6) is 3.10. The zero-order valence-corrected chi connectivity index (χ0v) is 11.8. The fourth-order valence-corrected chi connectivity index (χ4v) is 3.93. The van der Waals surface area contributed by atoms with Crippen molar-refractivity contribution in [1.82, 2.24) is 0 Å². The lowest BCUT2D eigenvalue weighted by Gasteiger charge is -2.29. The zero-order chi connectivity index (χ0) is 11.9. The van der Waals surface area contributed by atoms with Crippen LogP contribution in [0.25, 0.3) is 0 Å². The van der Waals surface area contributed by atoms with Crippen molar-refractivity contribution in [1.29, 1.82) is 0 Å². The Morgan fingerprint density at radius 3 is 2.18 bits per heavy atom. The highest BCUT2D eigenvalue weighted by molar-refractivity contribution is 6.37. The average Bonchev–Trinajstić information content (AvgIpc) is 2.40. The molecule has 97 valence electrons. The van der Waals surface area contributed by atoms with Gasteiger partial charge in [-0.25, -0.2) is 0 Å². The smallest absolute Gasteiger partial charge is 0.0772 e. The molecule has 0 spiro atoms. The molecule has 0 nitrogen and oxygen atoms in total. The second kappa shape index (κ2) is 7.49. The SMILES string of the molecule is CCCC1CCC([B]CC2CCCCC2)CC1. The van der Waals surface area contributed by atoms with Crippen molar-refractivity contribution in [2.75, 3.05) is 0 Å². The lowest BCUT2D eigenvalue weighted by Crippen LogP contribution is -2.17. The van der Waals surface area contributed by atoms with Gasteiger partial charge < -0.3 is 0 Å². The molecule has 2 rings (SSSR count). The van der Waals surface area contributed by atoms with Crippen LogP contribution in [0.2, 0.25) is 12.1 Å². The average molecular weight is 233 g/mol. The lowest BCUT2D eigenvalue weighted by atomic mass is 9.53. The summed E-state index contributed by atoms with van der Waals surface area (Å²) < 4.78 is 0. The molecule has 0 heterocycles. The van der Waals surface area contributed by atoms with Crippen LogP contribution in [0.1, 0.15) is 77.6 Å². The third-order valence-corrected chi connectivity index (χ3v) is 5.12. The van der Waals surface area contributed by atoms with Gasteiger partial charge in [0, 0.05) is 0 Å². The Kier molecular flexibility index (Phi) is 5.94. The molecular formula is C16H30B. The third kappa shape index (κ3) is 4.68. The monoisotopic (exact) mass is 233 g/mol. The molecule has 0 saturated heterocycles. The van der Waals surface area contributed by atoms with Gasteiger partial charge in [-0.2, -0.15) is 0 Å². The first-order valence-electron chi connectivity index (χ1n) is 8.21. The number of hydrogen-bond acceptors (Lipinski definition) is 0. The molecule has 17 heavy (non-hydrogen) atoms. The largest absolute Gasteiger partial charge is 0.113 e. The minimum absolute atomic E-state index is 0.977. The highest BCUT2D eigenvalue weighted by Crippen LogP contribution is 2.36. The van der Waals surface area contributed by atoms with Gasteiger partial charge in [0.05, 0.1) is 0 Å². The van der Waals surface area contributed by atoms with Crippen LogP contribution in [0, 0.1) is 11.8 Å². The molecule has 0 aliphatic heterocycles. The molecule has 0 aromatic rings. The van der Waals surface area contributed by atoms with Crippen LogP contribution in [0.4, 0.5) is 0 Å². The predicted molar refractivity (Wildman–Crippen MR) is 77.8 cm³/mol. The van der Waals surface area contributed by atoms with Gasteiger partial charge in [-0.3, -0.25) is 0 Å². The van der Waals surface area contributed by atoms with Crippen molar-refractivity contribution in [3.8, 4) is 0 Å². The Bertz CT molecular complexity index is 188. The van der Waals surface area contributed by atoms with Crippen molar-refractivity contribution in [3.63, 3.8) is 0 Å². The summed E-state index contributed by atoms with van der Waals surface area (Å²) in [7, 11) is 2.71. The molecule has 0 atom stereocenters. The summed E-state index contributed by atoms with van der Waals surface area (Å²) in [6.07, 6.45) is 17.9. The minimum atomic E-state index is 0.977. The highest BCUT2D eigenvalue weighted by atomic mass is 14.2. The Morgan fingerprint density at radius 1 is 0.824 bits per heavy atom. The van der Waals surface area contributed by atoms with Crippen LogP contribution in [-0.4, -0.2) is 7.28 Å². The van der Waals surface area contributed by atoms with E-state index >= 15 is 0 Å². The summed E-state index contributed by atoms with van der Waals surface area (Å²) in [6, 6.07) is 0. The van der Waals surface area contributed by atoms with Crippen LogP contribution in [0.5, 0.6) is 0 Å². The van der Waals surface area contributed by atoms with Gasteiger partial charge in [-0.1, -0.05) is 89.7 Å². The van der Waals surface area contributed by atoms with Gasteiger partial charge in [0.1, 0.15) is 7.28 Å². The summed E-state index contributed by atoms with van der Waals surface area (Å²) in [5.41, 5.74) is 0. The first-order chi connectivity index (χ1) is 8.38. The van der Waals surface area contributed by atoms with Gasteiger partial charge in [-0.05, 0) is 11.8 Å². The van der Waals surface area contributed by atoms with E-state index in [0.29, 0.717) is 0 Å². The second-order valence-corrected chi connectivity index (χ2v) is 6.54. The van der Waals surface area contributed by atoms with E-state index in [9.17, 15) is 0 Å². The standard InChI is InChI=1S/C16H30B/c1-2-6-14-9-11-16(12-10-14)17-13-15-7-4-3-5-8-15/h14-16H,2-13H2,1H3. The number of hydrogen-bond donors (Lipinski definition) is 0. The van der Waals surface area contributed by atoms with E-state index in [1.807, 2.05) is 0 Å². The van der Waals surface area contributed by atoms with Gasteiger partial charge in [0.15, 0.2) is 0 Å². The molecular weight excluding hydrogens is 203 g/mol. The summed E-state index contributed by atoms with van der Waals surface area (Å²) in [4.78, 5) is 0. The molecule has 2 saturated carbocycles. The van der Waals surface area contributed by atoms with Crippen LogP contribution < -0.4 is 0 Å². The first kappa shape index (κ1) is 13.5. The third-order valence-electron chi connectivity index (χ3n) is 5.12. The summed E-state index contributed by atoms with van der Waals surface area (Å²) >= 11 is 0. The van der Waals surface area contributed by atoms with Crippen LogP contribution in [-0.2, 0) is 0 Å². The van der Waals surface area contributed by atoms with Crippen LogP contribution in [0.3, 0.4) is 0 Å². The maximum atomic E-state index is 2.71. The molecule has 0 N–H and O–H groups in total. The molecule has 0 amide bonds. The van der Waals surface area contributed by atoms with Gasteiger partial charge >= 0.3 is 0 Å². The Labute approximate surface area is 109 Å². The molecule has 2 aliphatic rings. The Balaban J connectivity index is 1.57. The molecule has 1 heteroatoms. The lowest BCUT2D eigenvalue weighted by molar-refractivity contribution is 0.332. The number of rotatable bonds is 5. The van der Waals surface area contributed by atoms with Crippen LogP contribution in [0.15, 0.2) is 0 Å². The van der Waals surface area contributed by atoms with E-state index in [2.05, 4.69) is 14.2 Å². The molecule has 0 aromatic heterocycles. The van der Waals surface area contributed by atoms with E-state index in [0.717, 1.165) is 17.7 Å². The van der Waals surface area contributed by atoms with Crippen molar-refractivity contribution < 1.29 is 0 Å². The topological polar surface area (TPSA) is 0 Å². The van der Waals surface area contributed by atoms with Crippen molar-refractivity contribution in [3.05, 3.63) is 0 Å². The van der Waals surface area contributed by atoms with Crippen molar-refractivity contribution in [2.45, 2.75) is 89.7 Å². The Hall–Kier alpha value is 0.0649. The van der Waals surface area contributed by atoms with Gasteiger partial charge in [0.25, 0.3) is 0 Å². The molecule has 0 unspecified atom stereocenters. The normalized spacial score (nSPS) is 31.4. The van der Waals surface area contributed by atoms with Crippen molar-refractivity contribution in [2.24, 2.45) is 11.8 Å². The van der Waals surface area contributed by atoms with Crippen LogP contribution >= 0.6 is 0 Å². The maximum absolute atomic E-state index is 2.71. The summed E-state index contributed by atoms with van der Waals surface area (Å²) in [6.45, 7) is 2.33. The zero-order valence-electron chi connectivity index (χ0n) is 11.8. The van der Waals surface area contributed by atoms with Gasteiger partial charge in [-0.15, -0.1) is 0 Å². The fourth-order valence-electron chi connectivity index (χ4n) is 3.93. The predicted octanol–water partition coefficient (Wildman–Crippen LogP) is 5.47. The van der Waals surface area contributed by atoms with Crippen molar-refractivity contribution >= 4 is 7.28 Å². The maximum Gasteiger partial charge on any atom is 0.113 e. The van der Waals surface area contributed by atoms with E-state index in [-0.39, 0.29) is 0 Å². The Morgan fingerprint density at radius 2 is 1.53 bits per heavy atom. The molecule has 2 fully saturated rings. The first-order valence-corrected chi connectivity index (χ1v) is 8.21. The minimum Gasteiger partial charge on any atom is -0.0772 e. The molecule has 1 radical (unpaired) electrons. The van der Waals surface area contributed by atoms with E-state index in [1.54, 1.807) is 0 Å².